The van der Waals surface area contributed by atoms with Crippen molar-refractivity contribution in [2.75, 3.05) is 5.73 Å². The molecule has 6 heteroatoms. The number of nitrogens with one attached hydrogen (secondary N) is 1. The van der Waals surface area contributed by atoms with Gasteiger partial charge in [0.2, 0.25) is 11.7 Å². The van der Waals surface area contributed by atoms with Gasteiger partial charge in [-0.05, 0) is 6.92 Å². The summed E-state index contributed by atoms with van der Waals surface area (Å²) in [6.45, 7) is 2.00. The Labute approximate surface area is 102 Å². The van der Waals surface area contributed by atoms with E-state index in [0.717, 1.165) is 11.1 Å². The van der Waals surface area contributed by atoms with Crippen LogP contribution in [0.15, 0.2) is 35.1 Å². The van der Waals surface area contributed by atoms with Gasteiger partial charge in [0.25, 0.3) is 5.56 Å². The van der Waals surface area contributed by atoms with Crippen LogP contribution in [0.25, 0.3) is 17.0 Å². The standard InChI is InChI=1S/C12H11N5O/c1-7-2-4-8(5-3-7)9-6-10(18)17-11(13)15-16-12(17)14-9/h2-6H,1H3,(H2,13,15)(H,14,16). The predicted molar refractivity (Wildman–Crippen MR) is 68.2 cm³/mol. The molecule has 18 heavy (non-hydrogen) atoms. The fraction of sp³-hybridized carbons (Fsp3) is 0.0833. The summed E-state index contributed by atoms with van der Waals surface area (Å²) in [4.78, 5) is 16.2. The zero-order valence-electron chi connectivity index (χ0n) is 9.71. The molecular weight excluding hydrogens is 230 g/mol. The molecule has 0 unspecified atom stereocenters. The first-order chi connectivity index (χ1) is 8.65. The maximum absolute atomic E-state index is 11.9. The average molecular weight is 241 g/mol. The van der Waals surface area contributed by atoms with Crippen molar-refractivity contribution < 1.29 is 0 Å². The number of nitrogens with two attached hydrogens (primary N) is 1. The van der Waals surface area contributed by atoms with Gasteiger partial charge in [-0.15, -0.1) is 5.10 Å². The van der Waals surface area contributed by atoms with Gasteiger partial charge >= 0.3 is 0 Å². The van der Waals surface area contributed by atoms with Gasteiger partial charge in [0, 0.05) is 11.6 Å². The van der Waals surface area contributed by atoms with Gasteiger partial charge in [-0.25, -0.2) is 14.5 Å². The Morgan fingerprint density at radius 1 is 1.28 bits per heavy atom. The van der Waals surface area contributed by atoms with Crippen LogP contribution in [-0.2, 0) is 0 Å². The third-order valence-electron chi connectivity index (χ3n) is 2.77. The van der Waals surface area contributed by atoms with Crippen LogP contribution in [0.4, 0.5) is 5.95 Å². The number of fused-ring (bicyclic) bond motifs is 1. The largest absolute Gasteiger partial charge is 0.368 e. The number of aromatic amines is 1. The van der Waals surface area contributed by atoms with Gasteiger partial charge in [0.05, 0.1) is 5.69 Å². The molecule has 0 saturated heterocycles. The molecule has 0 aliphatic carbocycles. The summed E-state index contributed by atoms with van der Waals surface area (Å²) in [5.41, 5.74) is 7.96. The minimum atomic E-state index is -0.248. The second-order valence-electron chi connectivity index (χ2n) is 4.09. The highest BCUT2D eigenvalue weighted by Crippen LogP contribution is 2.16. The lowest BCUT2D eigenvalue weighted by Gasteiger charge is -2.01. The first-order valence-electron chi connectivity index (χ1n) is 5.46. The summed E-state index contributed by atoms with van der Waals surface area (Å²) in [5.74, 6) is 0.452. The Morgan fingerprint density at radius 2 is 2.00 bits per heavy atom. The van der Waals surface area contributed by atoms with E-state index in [1.165, 1.54) is 10.5 Å². The second kappa shape index (κ2) is 3.69. The van der Waals surface area contributed by atoms with E-state index in [9.17, 15) is 4.79 Å². The summed E-state index contributed by atoms with van der Waals surface area (Å²) < 4.78 is 1.23. The van der Waals surface area contributed by atoms with Crippen LogP contribution >= 0.6 is 0 Å². The number of aryl methyl sites for hydroxylation is 1. The van der Waals surface area contributed by atoms with E-state index in [-0.39, 0.29) is 11.5 Å². The van der Waals surface area contributed by atoms with Crippen molar-refractivity contribution in [2.45, 2.75) is 6.92 Å². The summed E-state index contributed by atoms with van der Waals surface area (Å²) in [7, 11) is 0. The topological polar surface area (TPSA) is 89.1 Å². The number of benzene rings is 1. The van der Waals surface area contributed by atoms with Gasteiger partial charge in [-0.2, -0.15) is 0 Å². The Balaban J connectivity index is 2.25. The highest BCUT2D eigenvalue weighted by molar-refractivity contribution is 5.61. The maximum Gasteiger partial charge on any atom is 0.262 e. The summed E-state index contributed by atoms with van der Waals surface area (Å²) in [5, 5.41) is 6.39. The third-order valence-corrected chi connectivity index (χ3v) is 2.77. The molecule has 2 aromatic heterocycles. The van der Waals surface area contributed by atoms with Gasteiger partial charge in [0.1, 0.15) is 0 Å². The van der Waals surface area contributed by atoms with Gasteiger partial charge in [-0.3, -0.25) is 4.79 Å². The van der Waals surface area contributed by atoms with Crippen LogP contribution in [0, 0.1) is 6.92 Å². The quantitative estimate of drug-likeness (QED) is 0.664. The second-order valence-corrected chi connectivity index (χ2v) is 4.09. The number of rotatable bonds is 1. The average Bonchev–Trinajstić information content (AvgIpc) is 2.72. The van der Waals surface area contributed by atoms with Crippen molar-refractivity contribution in [1.29, 1.82) is 0 Å². The number of nitrogen functional groups attached to an aromatic ring is 1. The monoisotopic (exact) mass is 241 g/mol. The molecule has 0 atom stereocenters. The lowest BCUT2D eigenvalue weighted by atomic mass is 10.1. The molecule has 6 nitrogen and oxygen atoms in total. The number of hydrogen-bond acceptors (Lipinski definition) is 4. The Kier molecular flexibility index (Phi) is 2.16. The zero-order valence-corrected chi connectivity index (χ0v) is 9.71. The number of nitrogens with zero attached hydrogens (tertiary/aromatic N) is 3. The van der Waals surface area contributed by atoms with Crippen LogP contribution in [0.3, 0.4) is 0 Å². The van der Waals surface area contributed by atoms with Crippen molar-refractivity contribution in [3.63, 3.8) is 0 Å². The highest BCUT2D eigenvalue weighted by Gasteiger charge is 2.08. The third kappa shape index (κ3) is 1.55. The molecule has 3 N–H and O–H groups in total. The molecule has 3 aromatic rings. The number of anilines is 1. The SMILES string of the molecule is Cc1ccc(-c2cc(=O)n3c(N)n[nH]c3n2)cc1. The lowest BCUT2D eigenvalue weighted by molar-refractivity contribution is 1.07. The van der Waals surface area contributed by atoms with E-state index in [0.29, 0.717) is 11.5 Å². The maximum atomic E-state index is 11.9. The summed E-state index contributed by atoms with van der Waals surface area (Å²) >= 11 is 0. The zero-order chi connectivity index (χ0) is 12.7. The summed E-state index contributed by atoms with van der Waals surface area (Å²) in [6.07, 6.45) is 0. The molecule has 0 amide bonds. The van der Waals surface area contributed by atoms with E-state index in [1.807, 2.05) is 31.2 Å². The van der Waals surface area contributed by atoms with E-state index < -0.39 is 0 Å². The smallest absolute Gasteiger partial charge is 0.262 e. The normalized spacial score (nSPS) is 10.9. The molecular formula is C12H11N5O. The first kappa shape index (κ1) is 10.5. The predicted octanol–water partition coefficient (Wildman–Crippen LogP) is 0.975. The molecule has 0 fully saturated rings. The van der Waals surface area contributed by atoms with E-state index in [2.05, 4.69) is 15.2 Å². The van der Waals surface area contributed by atoms with Crippen molar-refractivity contribution in [1.82, 2.24) is 19.6 Å². The van der Waals surface area contributed by atoms with Gasteiger partial charge in [0.15, 0.2) is 0 Å². The highest BCUT2D eigenvalue weighted by atomic mass is 16.1. The fourth-order valence-electron chi connectivity index (χ4n) is 1.81. The van der Waals surface area contributed by atoms with Gasteiger partial charge < -0.3 is 5.73 Å². The Bertz CT molecular complexity index is 769. The first-order valence-corrected chi connectivity index (χ1v) is 5.46. The van der Waals surface area contributed by atoms with Crippen LogP contribution in [0.5, 0.6) is 0 Å². The van der Waals surface area contributed by atoms with E-state index in [1.54, 1.807) is 0 Å². The van der Waals surface area contributed by atoms with Crippen molar-refractivity contribution >= 4 is 11.7 Å². The molecule has 0 radical (unpaired) electrons. The molecule has 0 spiro atoms. The number of H-pyrrole nitrogens is 1. The van der Waals surface area contributed by atoms with Crippen LogP contribution < -0.4 is 11.3 Å². The van der Waals surface area contributed by atoms with E-state index in [4.69, 9.17) is 5.73 Å². The molecule has 0 aliphatic rings. The molecule has 0 aliphatic heterocycles. The van der Waals surface area contributed by atoms with Crippen molar-refractivity contribution in [2.24, 2.45) is 0 Å². The Morgan fingerprint density at radius 3 is 2.72 bits per heavy atom. The molecule has 0 saturated carbocycles. The molecule has 2 heterocycles. The van der Waals surface area contributed by atoms with E-state index >= 15 is 0 Å². The van der Waals surface area contributed by atoms with Crippen LogP contribution in [0.1, 0.15) is 5.56 Å². The number of hydrogen-bond donors (Lipinski definition) is 2. The lowest BCUT2D eigenvalue weighted by Crippen LogP contribution is -2.15. The number of aromatic nitrogens is 4. The summed E-state index contributed by atoms with van der Waals surface area (Å²) in [6, 6.07) is 9.24. The minimum absolute atomic E-state index is 0.109. The van der Waals surface area contributed by atoms with Crippen molar-refractivity contribution in [3.05, 3.63) is 46.2 Å². The molecule has 0 bridgehead atoms. The van der Waals surface area contributed by atoms with Crippen LogP contribution in [-0.4, -0.2) is 19.6 Å². The minimum Gasteiger partial charge on any atom is -0.368 e. The van der Waals surface area contributed by atoms with Crippen LogP contribution in [0.2, 0.25) is 0 Å². The Hall–Kier alpha value is -2.63. The fourth-order valence-corrected chi connectivity index (χ4v) is 1.81. The molecule has 1 aromatic carbocycles. The molecule has 3 rings (SSSR count). The van der Waals surface area contributed by atoms with Gasteiger partial charge in [-0.1, -0.05) is 29.8 Å². The molecule has 90 valence electrons. The van der Waals surface area contributed by atoms with Crippen molar-refractivity contribution in [3.8, 4) is 11.3 Å².